The molecule has 0 heterocycles. The van der Waals surface area contributed by atoms with Crippen LogP contribution in [0.1, 0.15) is 5.56 Å². The molecule has 0 spiro atoms. The number of nitro groups is 1. The summed E-state index contributed by atoms with van der Waals surface area (Å²) < 4.78 is 0. The van der Waals surface area contributed by atoms with Gasteiger partial charge in [-0.15, -0.1) is 0 Å². The smallest absolute Gasteiger partial charge is 0.299 e. The van der Waals surface area contributed by atoms with E-state index in [0.29, 0.717) is 0 Å². The average molecular weight is 184 g/mol. The molecule has 6 heteroatoms. The summed E-state index contributed by atoms with van der Waals surface area (Å²) in [5, 5.41) is 28.6. The van der Waals surface area contributed by atoms with Gasteiger partial charge in [-0.3, -0.25) is 10.1 Å². The third-order valence-electron chi connectivity index (χ3n) is 1.66. The molecule has 0 atom stereocenters. The molecule has 1 aromatic rings. The molecule has 0 aliphatic carbocycles. The van der Waals surface area contributed by atoms with Gasteiger partial charge >= 0.3 is 0 Å². The zero-order valence-electron chi connectivity index (χ0n) is 6.81. The number of phenols is 2. The molecule has 13 heavy (non-hydrogen) atoms. The van der Waals surface area contributed by atoms with Gasteiger partial charge in [0, 0.05) is 5.56 Å². The topological polar surface area (TPSA) is 110 Å². The van der Waals surface area contributed by atoms with E-state index in [1.807, 2.05) is 0 Å². The minimum Gasteiger partial charge on any atom is -0.504 e. The Labute approximate surface area is 73.4 Å². The van der Waals surface area contributed by atoms with Crippen LogP contribution in [0.3, 0.4) is 0 Å². The van der Waals surface area contributed by atoms with Crippen molar-refractivity contribution in [3.63, 3.8) is 0 Å². The van der Waals surface area contributed by atoms with Crippen LogP contribution in [0.4, 0.5) is 11.4 Å². The first-order valence-corrected chi connectivity index (χ1v) is 3.40. The molecule has 6 nitrogen and oxygen atoms in total. The van der Waals surface area contributed by atoms with Crippen molar-refractivity contribution in [1.29, 1.82) is 0 Å². The van der Waals surface area contributed by atoms with Crippen LogP contribution in [0.25, 0.3) is 0 Å². The summed E-state index contributed by atoms with van der Waals surface area (Å²) in [7, 11) is 0. The number of anilines is 1. The van der Waals surface area contributed by atoms with Gasteiger partial charge in [0.05, 0.1) is 4.92 Å². The van der Waals surface area contributed by atoms with Crippen molar-refractivity contribution < 1.29 is 15.1 Å². The quantitative estimate of drug-likeness (QED) is 0.260. The molecular weight excluding hydrogens is 176 g/mol. The molecule has 1 rings (SSSR count). The van der Waals surface area contributed by atoms with Crippen molar-refractivity contribution in [3.05, 3.63) is 21.7 Å². The fourth-order valence-corrected chi connectivity index (χ4v) is 1.05. The van der Waals surface area contributed by atoms with E-state index in [1.165, 1.54) is 6.92 Å². The van der Waals surface area contributed by atoms with Crippen LogP contribution in [0.15, 0.2) is 6.07 Å². The molecule has 0 aromatic heterocycles. The van der Waals surface area contributed by atoms with E-state index in [2.05, 4.69) is 0 Å². The Hall–Kier alpha value is -1.98. The summed E-state index contributed by atoms with van der Waals surface area (Å²) in [6.07, 6.45) is 0. The van der Waals surface area contributed by atoms with Gasteiger partial charge in [-0.05, 0) is 13.0 Å². The summed E-state index contributed by atoms with van der Waals surface area (Å²) >= 11 is 0. The molecule has 0 unspecified atom stereocenters. The van der Waals surface area contributed by atoms with Crippen LogP contribution in [0, 0.1) is 17.0 Å². The molecule has 0 aliphatic heterocycles. The van der Waals surface area contributed by atoms with Gasteiger partial charge in [0.1, 0.15) is 0 Å². The van der Waals surface area contributed by atoms with Crippen LogP contribution < -0.4 is 5.73 Å². The van der Waals surface area contributed by atoms with Gasteiger partial charge in [0.25, 0.3) is 5.69 Å². The average Bonchev–Trinajstić information content (AvgIpc) is 1.99. The molecule has 0 bridgehead atoms. The lowest BCUT2D eigenvalue weighted by atomic mass is 10.1. The zero-order chi connectivity index (χ0) is 10.2. The Balaban J connectivity index is 3.53. The van der Waals surface area contributed by atoms with Crippen molar-refractivity contribution in [2.75, 3.05) is 5.73 Å². The van der Waals surface area contributed by atoms with Gasteiger partial charge in [-0.2, -0.15) is 0 Å². The van der Waals surface area contributed by atoms with E-state index in [9.17, 15) is 10.1 Å². The molecular formula is C7H8N2O4. The summed E-state index contributed by atoms with van der Waals surface area (Å²) in [5.41, 5.74) is 4.65. The number of aromatic hydroxyl groups is 2. The number of rotatable bonds is 1. The minimum atomic E-state index is -0.705. The fourth-order valence-electron chi connectivity index (χ4n) is 1.05. The van der Waals surface area contributed by atoms with Crippen molar-refractivity contribution >= 4 is 11.4 Å². The summed E-state index contributed by atoms with van der Waals surface area (Å²) in [6.45, 7) is 1.42. The first-order valence-electron chi connectivity index (χ1n) is 3.40. The number of benzene rings is 1. The number of nitrogens with two attached hydrogens (primary N) is 1. The maximum Gasteiger partial charge on any atom is 0.299 e. The fraction of sp³-hybridized carbons (Fsp3) is 0.143. The summed E-state index contributed by atoms with van der Waals surface area (Å²) in [5.74, 6) is -1.11. The van der Waals surface area contributed by atoms with Gasteiger partial charge in [0.2, 0.25) is 0 Å². The Morgan fingerprint density at radius 3 is 2.54 bits per heavy atom. The van der Waals surface area contributed by atoms with Crippen LogP contribution in [0.5, 0.6) is 11.5 Å². The van der Waals surface area contributed by atoms with Crippen molar-refractivity contribution in [1.82, 2.24) is 0 Å². The Bertz CT molecular complexity index is 375. The highest BCUT2D eigenvalue weighted by Crippen LogP contribution is 2.40. The van der Waals surface area contributed by atoms with E-state index in [4.69, 9.17) is 15.9 Å². The SMILES string of the molecule is Cc1cc(O)c(O)c(N)c1[N+](=O)[O-]. The lowest BCUT2D eigenvalue weighted by Crippen LogP contribution is -1.98. The van der Waals surface area contributed by atoms with Crippen molar-refractivity contribution in [2.45, 2.75) is 6.92 Å². The lowest BCUT2D eigenvalue weighted by Gasteiger charge is -2.04. The van der Waals surface area contributed by atoms with E-state index in [1.54, 1.807) is 0 Å². The van der Waals surface area contributed by atoms with Gasteiger partial charge < -0.3 is 15.9 Å². The molecule has 0 radical (unpaired) electrons. The van der Waals surface area contributed by atoms with E-state index in [0.717, 1.165) is 6.07 Å². The molecule has 0 fully saturated rings. The van der Waals surface area contributed by atoms with Crippen LogP contribution in [-0.4, -0.2) is 15.1 Å². The van der Waals surface area contributed by atoms with Crippen molar-refractivity contribution in [3.8, 4) is 11.5 Å². The standard InChI is InChI=1S/C7H8N2O4/c1-3-2-4(10)7(11)5(8)6(3)9(12)13/h2,10-11H,8H2,1H3. The van der Waals surface area contributed by atoms with E-state index in [-0.39, 0.29) is 11.3 Å². The van der Waals surface area contributed by atoms with Crippen LogP contribution in [-0.2, 0) is 0 Å². The lowest BCUT2D eigenvalue weighted by molar-refractivity contribution is -0.384. The molecule has 70 valence electrons. The number of nitrogens with zero attached hydrogens (tertiary/aromatic N) is 1. The third-order valence-corrected chi connectivity index (χ3v) is 1.66. The number of hydrogen-bond acceptors (Lipinski definition) is 5. The molecule has 1 aromatic carbocycles. The van der Waals surface area contributed by atoms with Crippen LogP contribution in [0.2, 0.25) is 0 Å². The summed E-state index contributed by atoms with van der Waals surface area (Å²) in [4.78, 5) is 9.73. The number of aryl methyl sites for hydroxylation is 1. The Morgan fingerprint density at radius 2 is 2.08 bits per heavy atom. The van der Waals surface area contributed by atoms with Gasteiger partial charge in [-0.25, -0.2) is 0 Å². The van der Waals surface area contributed by atoms with E-state index < -0.39 is 22.1 Å². The number of nitrogen functional groups attached to an aromatic ring is 1. The number of hydrogen-bond donors (Lipinski definition) is 3. The number of phenolic OH excluding ortho intramolecular Hbond substituents is 2. The monoisotopic (exact) mass is 184 g/mol. The largest absolute Gasteiger partial charge is 0.504 e. The van der Waals surface area contributed by atoms with Gasteiger partial charge in [0.15, 0.2) is 17.2 Å². The number of nitro benzene ring substituents is 1. The highest BCUT2D eigenvalue weighted by Gasteiger charge is 2.21. The molecule has 0 saturated carbocycles. The normalized spacial score (nSPS) is 9.92. The predicted octanol–water partition coefficient (Wildman–Crippen LogP) is 0.897. The second-order valence-corrected chi connectivity index (χ2v) is 2.58. The zero-order valence-corrected chi connectivity index (χ0v) is 6.81. The Morgan fingerprint density at radius 1 is 1.54 bits per heavy atom. The molecule has 0 aliphatic rings. The van der Waals surface area contributed by atoms with Crippen molar-refractivity contribution in [2.24, 2.45) is 0 Å². The Kier molecular flexibility index (Phi) is 1.97. The second-order valence-electron chi connectivity index (χ2n) is 2.58. The first kappa shape index (κ1) is 9.11. The maximum absolute atomic E-state index is 10.4. The van der Waals surface area contributed by atoms with E-state index >= 15 is 0 Å². The first-order chi connectivity index (χ1) is 5.95. The third kappa shape index (κ3) is 1.33. The highest BCUT2D eigenvalue weighted by atomic mass is 16.6. The predicted molar refractivity (Wildman–Crippen MR) is 45.6 cm³/mol. The molecule has 0 saturated heterocycles. The maximum atomic E-state index is 10.4. The van der Waals surface area contributed by atoms with Gasteiger partial charge in [-0.1, -0.05) is 0 Å². The second kappa shape index (κ2) is 2.81. The minimum absolute atomic E-state index is 0.206. The highest BCUT2D eigenvalue weighted by molar-refractivity contribution is 5.73. The molecule has 4 N–H and O–H groups in total. The summed E-state index contributed by atoms with van der Waals surface area (Å²) in [6, 6.07) is 1.09. The molecule has 0 amide bonds. The van der Waals surface area contributed by atoms with Crippen LogP contribution >= 0.6 is 0 Å².